The third-order valence-electron chi connectivity index (χ3n) is 3.85. The molecule has 0 saturated carbocycles. The van der Waals surface area contributed by atoms with E-state index in [9.17, 15) is 4.79 Å². The minimum absolute atomic E-state index is 0.0550. The number of aromatic nitrogens is 2. The summed E-state index contributed by atoms with van der Waals surface area (Å²) in [5.41, 5.74) is 2.90. The van der Waals surface area contributed by atoms with Crippen LogP contribution in [0.15, 0.2) is 42.5 Å². The van der Waals surface area contributed by atoms with E-state index in [1.165, 1.54) is 0 Å². The summed E-state index contributed by atoms with van der Waals surface area (Å²) in [5, 5.41) is 0. The second kappa shape index (κ2) is 6.43. The van der Waals surface area contributed by atoms with Gasteiger partial charge in [0.25, 0.3) is 0 Å². The zero-order valence-corrected chi connectivity index (χ0v) is 14.4. The molecule has 0 fully saturated rings. The summed E-state index contributed by atoms with van der Waals surface area (Å²) in [4.78, 5) is 23.5. The average molecular weight is 323 g/mol. The Morgan fingerprint density at radius 2 is 1.46 bits per heavy atom. The molecular formula is C19H21N3O2. The highest BCUT2D eigenvalue weighted by Crippen LogP contribution is 2.25. The fourth-order valence-electron chi connectivity index (χ4n) is 2.86. The van der Waals surface area contributed by atoms with E-state index in [4.69, 9.17) is 4.74 Å². The molecule has 0 atom stereocenters. The summed E-state index contributed by atoms with van der Waals surface area (Å²) in [6.07, 6.45) is -0.373. The van der Waals surface area contributed by atoms with Crippen molar-refractivity contribution in [2.75, 3.05) is 0 Å². The number of carbonyl (C=O) groups is 1. The van der Waals surface area contributed by atoms with Crippen LogP contribution in [0, 0.1) is 0 Å². The van der Waals surface area contributed by atoms with E-state index in [-0.39, 0.29) is 18.2 Å². The van der Waals surface area contributed by atoms with Crippen LogP contribution in [0.2, 0.25) is 0 Å². The number of benzene rings is 2. The zero-order valence-electron chi connectivity index (χ0n) is 14.4. The number of rotatable bonds is 3. The molecule has 0 N–H and O–H groups in total. The van der Waals surface area contributed by atoms with Crippen molar-refractivity contribution in [1.29, 1.82) is 0 Å². The van der Waals surface area contributed by atoms with Gasteiger partial charge in [-0.2, -0.15) is 0 Å². The largest absolute Gasteiger partial charge is 0.415 e. The van der Waals surface area contributed by atoms with Gasteiger partial charge in [0, 0.05) is 12.1 Å². The van der Waals surface area contributed by atoms with Crippen LogP contribution < -0.4 is 4.74 Å². The van der Waals surface area contributed by atoms with Gasteiger partial charge < -0.3 is 9.64 Å². The molecule has 1 aromatic heterocycles. The van der Waals surface area contributed by atoms with Crippen LogP contribution in [-0.4, -0.2) is 33.0 Å². The van der Waals surface area contributed by atoms with Crippen molar-refractivity contribution in [3.8, 4) is 5.75 Å². The zero-order chi connectivity index (χ0) is 17.3. The van der Waals surface area contributed by atoms with Gasteiger partial charge in [-0.25, -0.2) is 14.8 Å². The number of fused-ring (bicyclic) bond motifs is 2. The molecular weight excluding hydrogens is 302 g/mol. The quantitative estimate of drug-likeness (QED) is 0.670. The van der Waals surface area contributed by atoms with Crippen molar-refractivity contribution in [3.05, 3.63) is 42.5 Å². The lowest BCUT2D eigenvalue weighted by molar-refractivity contribution is 0.123. The predicted molar refractivity (Wildman–Crippen MR) is 95.2 cm³/mol. The second-order valence-corrected chi connectivity index (χ2v) is 6.30. The summed E-state index contributed by atoms with van der Waals surface area (Å²) in [6, 6.07) is 13.2. The number of ether oxygens (including phenoxy) is 1. The lowest BCUT2D eigenvalue weighted by atomic mass is 10.2. The van der Waals surface area contributed by atoms with Gasteiger partial charge in [0.15, 0.2) is 5.75 Å². The van der Waals surface area contributed by atoms with Gasteiger partial charge in [0.2, 0.25) is 0 Å². The first-order valence-electron chi connectivity index (χ1n) is 8.13. The molecule has 1 amide bonds. The van der Waals surface area contributed by atoms with Crippen LogP contribution in [0.1, 0.15) is 27.7 Å². The van der Waals surface area contributed by atoms with Crippen LogP contribution in [0.25, 0.3) is 22.1 Å². The highest BCUT2D eigenvalue weighted by Gasteiger charge is 2.23. The van der Waals surface area contributed by atoms with Crippen LogP contribution >= 0.6 is 0 Å². The van der Waals surface area contributed by atoms with E-state index in [0.717, 1.165) is 11.0 Å². The summed E-state index contributed by atoms with van der Waals surface area (Å²) in [7, 11) is 0. The molecule has 0 radical (unpaired) electrons. The molecule has 0 aliphatic rings. The lowest BCUT2D eigenvalue weighted by Gasteiger charge is -2.29. The Morgan fingerprint density at radius 1 is 0.875 bits per heavy atom. The van der Waals surface area contributed by atoms with Crippen molar-refractivity contribution < 1.29 is 9.53 Å². The Balaban J connectivity index is 2.03. The Hall–Kier alpha value is -2.69. The van der Waals surface area contributed by atoms with Gasteiger partial charge in [0.1, 0.15) is 5.52 Å². The molecule has 1 heterocycles. The summed E-state index contributed by atoms with van der Waals surface area (Å²) in [6.45, 7) is 7.88. The molecule has 24 heavy (non-hydrogen) atoms. The molecule has 0 saturated heterocycles. The third-order valence-corrected chi connectivity index (χ3v) is 3.85. The molecule has 3 aromatic rings. The van der Waals surface area contributed by atoms with Gasteiger partial charge in [-0.3, -0.25) is 0 Å². The summed E-state index contributed by atoms with van der Waals surface area (Å²) >= 11 is 0. The van der Waals surface area contributed by atoms with Gasteiger partial charge in [0.05, 0.1) is 16.6 Å². The number of hydrogen-bond donors (Lipinski definition) is 0. The Bertz CT molecular complexity index is 882. The molecule has 0 aliphatic heterocycles. The van der Waals surface area contributed by atoms with Crippen LogP contribution in [-0.2, 0) is 0 Å². The molecule has 124 valence electrons. The third kappa shape index (κ3) is 3.02. The van der Waals surface area contributed by atoms with Crippen molar-refractivity contribution in [2.24, 2.45) is 0 Å². The van der Waals surface area contributed by atoms with Crippen LogP contribution in [0.5, 0.6) is 5.75 Å². The number of para-hydroxylation sites is 3. The van der Waals surface area contributed by atoms with Gasteiger partial charge in [-0.15, -0.1) is 0 Å². The van der Waals surface area contributed by atoms with Crippen molar-refractivity contribution >= 4 is 28.2 Å². The van der Waals surface area contributed by atoms with E-state index < -0.39 is 0 Å². The standard InChI is InChI=1S/C19H21N3O2/c1-12(2)22(13(3)4)19(23)24-17-11-7-10-16-18(17)21-15-9-6-5-8-14(15)20-16/h5-13H,1-4H3. The monoisotopic (exact) mass is 323 g/mol. The van der Waals surface area contributed by atoms with Gasteiger partial charge in [-0.05, 0) is 52.0 Å². The number of nitrogens with zero attached hydrogens (tertiary/aromatic N) is 3. The highest BCUT2D eigenvalue weighted by atomic mass is 16.6. The maximum Gasteiger partial charge on any atom is 0.415 e. The van der Waals surface area contributed by atoms with E-state index in [1.54, 1.807) is 11.0 Å². The van der Waals surface area contributed by atoms with Crippen molar-refractivity contribution in [1.82, 2.24) is 14.9 Å². The Morgan fingerprint density at radius 3 is 2.08 bits per heavy atom. The van der Waals surface area contributed by atoms with Crippen LogP contribution in [0.3, 0.4) is 0 Å². The first-order valence-corrected chi connectivity index (χ1v) is 8.13. The van der Waals surface area contributed by atoms with E-state index >= 15 is 0 Å². The molecule has 2 aromatic carbocycles. The summed E-state index contributed by atoms with van der Waals surface area (Å²) < 4.78 is 5.65. The Labute approximate surface area is 141 Å². The fourth-order valence-corrected chi connectivity index (χ4v) is 2.86. The summed E-state index contributed by atoms with van der Waals surface area (Å²) in [5.74, 6) is 0.432. The molecule has 0 bridgehead atoms. The molecule has 5 heteroatoms. The number of hydrogen-bond acceptors (Lipinski definition) is 4. The smallest absolute Gasteiger partial charge is 0.408 e. The molecule has 0 spiro atoms. The van der Waals surface area contributed by atoms with Gasteiger partial charge in [-0.1, -0.05) is 18.2 Å². The minimum Gasteiger partial charge on any atom is -0.408 e. The van der Waals surface area contributed by atoms with E-state index in [2.05, 4.69) is 9.97 Å². The van der Waals surface area contributed by atoms with Gasteiger partial charge >= 0.3 is 6.09 Å². The first-order chi connectivity index (χ1) is 11.5. The van der Waals surface area contributed by atoms with Crippen molar-refractivity contribution in [3.63, 3.8) is 0 Å². The maximum absolute atomic E-state index is 12.6. The van der Waals surface area contributed by atoms with Crippen molar-refractivity contribution in [2.45, 2.75) is 39.8 Å². The number of amides is 1. The molecule has 0 aliphatic carbocycles. The maximum atomic E-state index is 12.6. The topological polar surface area (TPSA) is 55.3 Å². The molecule has 5 nitrogen and oxygen atoms in total. The first kappa shape index (κ1) is 16.2. The number of carbonyl (C=O) groups excluding carboxylic acids is 1. The molecule has 3 rings (SSSR count). The van der Waals surface area contributed by atoms with E-state index in [0.29, 0.717) is 16.8 Å². The second-order valence-electron chi connectivity index (χ2n) is 6.30. The predicted octanol–water partition coefficient (Wildman–Crippen LogP) is 4.40. The lowest BCUT2D eigenvalue weighted by Crippen LogP contribution is -2.43. The Kier molecular flexibility index (Phi) is 4.34. The highest BCUT2D eigenvalue weighted by molar-refractivity contribution is 5.90. The average Bonchev–Trinajstić information content (AvgIpc) is 2.52. The van der Waals surface area contributed by atoms with Crippen LogP contribution in [0.4, 0.5) is 4.79 Å². The SMILES string of the molecule is CC(C)N(C(=O)Oc1cccc2nc3ccccc3nc12)C(C)C. The van der Waals surface area contributed by atoms with E-state index in [1.807, 2.05) is 64.1 Å². The minimum atomic E-state index is -0.373. The fraction of sp³-hybridized carbons (Fsp3) is 0.316. The molecule has 0 unspecified atom stereocenters. The normalized spacial score (nSPS) is 11.4.